The minimum absolute atomic E-state index is 0.384. The van der Waals surface area contributed by atoms with Gasteiger partial charge in [-0.2, -0.15) is 0 Å². The van der Waals surface area contributed by atoms with Crippen molar-refractivity contribution in [2.24, 2.45) is 0 Å². The van der Waals surface area contributed by atoms with E-state index in [9.17, 15) is 0 Å². The molecule has 0 saturated heterocycles. The van der Waals surface area contributed by atoms with E-state index in [1.807, 2.05) is 18.2 Å². The molecule has 3 heterocycles. The standard InChI is InChI=1S/C64H37N3OS/c1-2-15-38(16-3-1)39-17-12-18-42(35-39)61-65-62(67-63(66-61)49-25-13-23-47-46-22-7-11-30-58(46)69-60(47)49)48-24-14-29-57-59(48)51-37-41(32-34-56(51)68-57)40-31-33-55-50(36-40)45-21-6-10-28-54(45)64(55)52-26-8-4-19-43(52)44-20-5-9-27-53(44)64/h1-37H. The number of rotatable bonds is 5. The summed E-state index contributed by atoms with van der Waals surface area (Å²) in [6, 6.07) is 80.8. The number of thiophene rings is 1. The predicted molar refractivity (Wildman–Crippen MR) is 283 cm³/mol. The summed E-state index contributed by atoms with van der Waals surface area (Å²) in [6.07, 6.45) is 0. The molecule has 3 aromatic heterocycles. The second-order valence-corrected chi connectivity index (χ2v) is 19.2. The van der Waals surface area contributed by atoms with Crippen molar-refractivity contribution in [3.8, 4) is 78.7 Å². The smallest absolute Gasteiger partial charge is 0.165 e. The van der Waals surface area contributed by atoms with E-state index in [4.69, 9.17) is 19.4 Å². The average molecular weight is 896 g/mol. The summed E-state index contributed by atoms with van der Waals surface area (Å²) < 4.78 is 9.06. The lowest BCUT2D eigenvalue weighted by atomic mass is 9.70. The Morgan fingerprint density at radius 1 is 0.319 bits per heavy atom. The van der Waals surface area contributed by atoms with Gasteiger partial charge in [-0.25, -0.2) is 15.0 Å². The van der Waals surface area contributed by atoms with Gasteiger partial charge in [0.1, 0.15) is 11.2 Å². The molecule has 13 aromatic rings. The van der Waals surface area contributed by atoms with Crippen LogP contribution in [0.2, 0.25) is 0 Å². The summed E-state index contributed by atoms with van der Waals surface area (Å²) >= 11 is 1.78. The largest absolute Gasteiger partial charge is 0.456 e. The summed E-state index contributed by atoms with van der Waals surface area (Å²) in [5, 5.41) is 4.41. The third kappa shape index (κ3) is 5.53. The zero-order valence-electron chi connectivity index (χ0n) is 37.0. The molecule has 0 bridgehead atoms. The van der Waals surface area contributed by atoms with E-state index in [1.54, 1.807) is 11.3 Å². The van der Waals surface area contributed by atoms with Gasteiger partial charge in [-0.15, -0.1) is 11.3 Å². The van der Waals surface area contributed by atoms with Crippen molar-refractivity contribution in [1.82, 2.24) is 15.0 Å². The molecule has 2 aliphatic carbocycles. The van der Waals surface area contributed by atoms with Crippen molar-refractivity contribution in [2.45, 2.75) is 5.41 Å². The van der Waals surface area contributed by atoms with Crippen molar-refractivity contribution < 1.29 is 4.42 Å². The number of benzene rings is 10. The molecule has 0 unspecified atom stereocenters. The molecule has 0 amide bonds. The van der Waals surface area contributed by atoms with Gasteiger partial charge in [0.05, 0.1) is 5.41 Å². The highest BCUT2D eigenvalue weighted by Gasteiger charge is 2.51. The van der Waals surface area contributed by atoms with E-state index in [0.717, 1.165) is 65.6 Å². The van der Waals surface area contributed by atoms with Crippen molar-refractivity contribution in [1.29, 1.82) is 0 Å². The Morgan fingerprint density at radius 2 is 0.855 bits per heavy atom. The van der Waals surface area contributed by atoms with Crippen molar-refractivity contribution in [2.75, 3.05) is 0 Å². The molecular weight excluding hydrogens is 859 g/mol. The molecule has 1 spiro atoms. The highest BCUT2D eigenvalue weighted by molar-refractivity contribution is 7.26. The van der Waals surface area contributed by atoms with Gasteiger partial charge in [0, 0.05) is 47.6 Å². The Morgan fingerprint density at radius 3 is 1.65 bits per heavy atom. The molecular formula is C64H37N3OS. The van der Waals surface area contributed by atoms with Gasteiger partial charge in [-0.1, -0.05) is 182 Å². The minimum Gasteiger partial charge on any atom is -0.456 e. The molecule has 4 nitrogen and oxygen atoms in total. The van der Waals surface area contributed by atoms with Crippen LogP contribution in [0.25, 0.3) is 121 Å². The van der Waals surface area contributed by atoms with Crippen molar-refractivity contribution in [3.63, 3.8) is 0 Å². The fourth-order valence-corrected chi connectivity index (χ4v) is 12.8. The van der Waals surface area contributed by atoms with Gasteiger partial charge in [0.2, 0.25) is 0 Å². The summed E-state index contributed by atoms with van der Waals surface area (Å²) in [5.41, 5.74) is 19.0. The van der Waals surface area contributed by atoms with Gasteiger partial charge in [0.25, 0.3) is 0 Å². The molecule has 69 heavy (non-hydrogen) atoms. The first-order valence-corrected chi connectivity index (χ1v) is 24.2. The third-order valence-corrected chi connectivity index (χ3v) is 15.8. The molecule has 0 fully saturated rings. The van der Waals surface area contributed by atoms with E-state index in [-0.39, 0.29) is 5.41 Å². The van der Waals surface area contributed by atoms with E-state index in [1.165, 1.54) is 60.0 Å². The van der Waals surface area contributed by atoms with E-state index < -0.39 is 0 Å². The SMILES string of the molecule is c1ccc(-c2cccc(-c3nc(-c4cccc5c4sc4ccccc45)nc(-c4cccc5oc6ccc(-c7ccc8c(c7)-c7ccccc7C87c8ccccc8-c8ccccc87)cc6c45)n3)c2)cc1. The lowest BCUT2D eigenvalue weighted by molar-refractivity contribution is 0.669. The molecule has 0 atom stereocenters. The Hall–Kier alpha value is -8.77. The van der Waals surface area contributed by atoms with Crippen LogP contribution in [0.1, 0.15) is 22.3 Å². The number of aromatic nitrogens is 3. The topological polar surface area (TPSA) is 51.8 Å². The maximum Gasteiger partial charge on any atom is 0.165 e. The van der Waals surface area contributed by atoms with Crippen LogP contribution in [0.4, 0.5) is 0 Å². The van der Waals surface area contributed by atoms with Gasteiger partial charge in [-0.3, -0.25) is 0 Å². The first kappa shape index (κ1) is 38.3. The predicted octanol–water partition coefficient (Wildman–Crippen LogP) is 16.8. The fraction of sp³-hybridized carbons (Fsp3) is 0.0156. The zero-order chi connectivity index (χ0) is 45.2. The van der Waals surface area contributed by atoms with Crippen molar-refractivity contribution >= 4 is 53.4 Å². The Labute approximate surface area is 401 Å². The monoisotopic (exact) mass is 895 g/mol. The number of nitrogens with zero attached hydrogens (tertiary/aromatic N) is 3. The van der Waals surface area contributed by atoms with E-state index >= 15 is 0 Å². The second-order valence-electron chi connectivity index (χ2n) is 18.2. The average Bonchev–Trinajstić information content (AvgIpc) is 4.16. The zero-order valence-corrected chi connectivity index (χ0v) is 37.8. The first-order chi connectivity index (χ1) is 34.2. The highest BCUT2D eigenvalue weighted by Crippen LogP contribution is 2.63. The van der Waals surface area contributed by atoms with E-state index in [2.05, 4.69) is 206 Å². The van der Waals surface area contributed by atoms with Crippen LogP contribution in [0.15, 0.2) is 229 Å². The first-order valence-electron chi connectivity index (χ1n) is 23.4. The Bertz CT molecular complexity index is 4230. The van der Waals surface area contributed by atoms with Crippen LogP contribution >= 0.6 is 11.3 Å². The van der Waals surface area contributed by atoms with Gasteiger partial charge in [0.15, 0.2) is 17.5 Å². The molecule has 0 saturated carbocycles. The molecule has 15 rings (SSSR count). The second kappa shape index (κ2) is 14.6. The Kier molecular flexibility index (Phi) is 8.12. The summed E-state index contributed by atoms with van der Waals surface area (Å²) in [4.78, 5) is 16.0. The number of hydrogen-bond acceptors (Lipinski definition) is 5. The molecule has 320 valence electrons. The van der Waals surface area contributed by atoms with Gasteiger partial charge < -0.3 is 4.42 Å². The van der Waals surface area contributed by atoms with Crippen LogP contribution < -0.4 is 0 Å². The van der Waals surface area contributed by atoms with Crippen LogP contribution in [-0.2, 0) is 5.41 Å². The molecule has 5 heteroatoms. The van der Waals surface area contributed by atoms with Crippen LogP contribution in [-0.4, -0.2) is 15.0 Å². The quantitative estimate of drug-likeness (QED) is 0.173. The maximum atomic E-state index is 6.67. The van der Waals surface area contributed by atoms with E-state index in [0.29, 0.717) is 17.5 Å². The van der Waals surface area contributed by atoms with Gasteiger partial charge >= 0.3 is 0 Å². The minimum atomic E-state index is -0.384. The molecule has 0 radical (unpaired) electrons. The lowest BCUT2D eigenvalue weighted by Gasteiger charge is -2.30. The molecule has 2 aliphatic rings. The summed E-state index contributed by atoms with van der Waals surface area (Å²) in [5.74, 6) is 1.83. The number of hydrogen-bond donors (Lipinski definition) is 0. The summed E-state index contributed by atoms with van der Waals surface area (Å²) in [6.45, 7) is 0. The number of fused-ring (bicyclic) bond motifs is 16. The van der Waals surface area contributed by atoms with Crippen molar-refractivity contribution in [3.05, 3.63) is 247 Å². The highest BCUT2D eigenvalue weighted by atomic mass is 32.1. The fourth-order valence-electron chi connectivity index (χ4n) is 11.6. The molecule has 0 aliphatic heterocycles. The molecule has 0 N–H and O–H groups in total. The lowest BCUT2D eigenvalue weighted by Crippen LogP contribution is -2.25. The Balaban J connectivity index is 0.917. The molecule has 10 aromatic carbocycles. The third-order valence-electron chi connectivity index (χ3n) is 14.6. The van der Waals surface area contributed by atoms with Gasteiger partial charge in [-0.05, 0) is 109 Å². The van der Waals surface area contributed by atoms with Crippen LogP contribution in [0.5, 0.6) is 0 Å². The maximum absolute atomic E-state index is 6.67. The van der Waals surface area contributed by atoms with Crippen LogP contribution in [0.3, 0.4) is 0 Å². The number of furan rings is 1. The normalized spacial score (nSPS) is 13.0. The van der Waals surface area contributed by atoms with Crippen LogP contribution in [0, 0.1) is 0 Å². The summed E-state index contributed by atoms with van der Waals surface area (Å²) in [7, 11) is 0.